The number of rotatable bonds is 4. The molecule has 0 N–H and O–H groups in total. The van der Waals surface area contributed by atoms with Gasteiger partial charge in [-0.2, -0.15) is 9.36 Å². The van der Waals surface area contributed by atoms with E-state index in [1.54, 1.807) is 36.4 Å². The van der Waals surface area contributed by atoms with Crippen LogP contribution in [0.3, 0.4) is 0 Å². The van der Waals surface area contributed by atoms with Crippen molar-refractivity contribution >= 4 is 33.9 Å². The summed E-state index contributed by atoms with van der Waals surface area (Å²) in [5.74, 6) is -0.824. The molecule has 4 rings (SSSR count). The van der Waals surface area contributed by atoms with Gasteiger partial charge in [0.1, 0.15) is 24.2 Å². The van der Waals surface area contributed by atoms with E-state index in [1.807, 2.05) is 12.1 Å². The van der Waals surface area contributed by atoms with Gasteiger partial charge in [-0.3, -0.25) is 9.59 Å². The van der Waals surface area contributed by atoms with E-state index in [4.69, 9.17) is 4.74 Å². The molecular weight excluding hydrogens is 324 g/mol. The zero-order chi connectivity index (χ0) is 17.2. The summed E-state index contributed by atoms with van der Waals surface area (Å²) in [6.45, 7) is -0.600. The maximum absolute atomic E-state index is 12.2. The van der Waals surface area contributed by atoms with Gasteiger partial charge in [-0.25, -0.2) is 0 Å². The molecule has 2 aromatic carbocycles. The monoisotopic (exact) mass is 336 g/mol. The summed E-state index contributed by atoms with van der Waals surface area (Å²) in [4.78, 5) is 24.4. The summed E-state index contributed by atoms with van der Waals surface area (Å²) in [6.07, 6.45) is 0. The molecule has 0 saturated heterocycles. The molecule has 9 heteroatoms. The van der Waals surface area contributed by atoms with Crippen LogP contribution < -0.4 is 0 Å². The van der Waals surface area contributed by atoms with Gasteiger partial charge < -0.3 is 4.74 Å². The molecule has 2 aromatic heterocycles. The van der Waals surface area contributed by atoms with Crippen LogP contribution in [0.2, 0.25) is 0 Å². The van der Waals surface area contributed by atoms with E-state index in [9.17, 15) is 9.59 Å². The Labute approximate surface area is 140 Å². The van der Waals surface area contributed by atoms with Crippen molar-refractivity contribution in [1.29, 1.82) is 0 Å². The van der Waals surface area contributed by atoms with Crippen LogP contribution in [0.4, 0.5) is 0 Å². The summed E-state index contributed by atoms with van der Waals surface area (Å²) < 4.78 is 7.54. The van der Waals surface area contributed by atoms with Crippen LogP contribution in [0.25, 0.3) is 22.1 Å². The first-order valence-corrected chi connectivity index (χ1v) is 7.49. The zero-order valence-electron chi connectivity index (χ0n) is 12.9. The summed E-state index contributed by atoms with van der Waals surface area (Å²) >= 11 is 0. The maximum Gasteiger partial charge on any atom is 0.274 e. The van der Waals surface area contributed by atoms with Crippen molar-refractivity contribution in [2.45, 2.75) is 0 Å². The van der Waals surface area contributed by atoms with Crippen LogP contribution in [-0.4, -0.2) is 55.0 Å². The molecule has 0 aliphatic heterocycles. The fourth-order valence-electron chi connectivity index (χ4n) is 2.45. The fourth-order valence-corrected chi connectivity index (χ4v) is 2.45. The third-order valence-corrected chi connectivity index (χ3v) is 3.63. The Hall–Kier alpha value is -3.46. The Balaban J connectivity index is 1.42. The van der Waals surface area contributed by atoms with Gasteiger partial charge >= 0.3 is 0 Å². The maximum atomic E-state index is 12.2. The average Bonchev–Trinajstić information content (AvgIpc) is 3.26. The van der Waals surface area contributed by atoms with Crippen molar-refractivity contribution in [1.82, 2.24) is 30.0 Å². The molecule has 0 atom stereocenters. The second kappa shape index (κ2) is 6.21. The number of hydrogen-bond donors (Lipinski definition) is 0. The van der Waals surface area contributed by atoms with Crippen LogP contribution in [0, 0.1) is 0 Å². The highest BCUT2D eigenvalue weighted by atomic mass is 16.5. The van der Waals surface area contributed by atoms with Gasteiger partial charge in [-0.1, -0.05) is 34.7 Å². The molecule has 124 valence electrons. The lowest BCUT2D eigenvalue weighted by Crippen LogP contribution is -2.24. The molecule has 0 bridgehead atoms. The van der Waals surface area contributed by atoms with Gasteiger partial charge in [0.15, 0.2) is 0 Å². The topological polar surface area (TPSA) is 105 Å². The number of ether oxygens (including phenoxy) is 1. The van der Waals surface area contributed by atoms with Gasteiger partial charge in [-0.15, -0.1) is 10.2 Å². The van der Waals surface area contributed by atoms with Crippen molar-refractivity contribution in [3.63, 3.8) is 0 Å². The van der Waals surface area contributed by atoms with E-state index >= 15 is 0 Å². The number of hydrogen-bond acceptors (Lipinski definition) is 7. The zero-order valence-corrected chi connectivity index (χ0v) is 12.9. The normalized spacial score (nSPS) is 11.2. The first kappa shape index (κ1) is 15.1. The van der Waals surface area contributed by atoms with E-state index in [0.29, 0.717) is 22.1 Å². The lowest BCUT2D eigenvalue weighted by molar-refractivity contribution is 0.0563. The van der Waals surface area contributed by atoms with Gasteiger partial charge in [-0.05, 0) is 24.3 Å². The van der Waals surface area contributed by atoms with E-state index < -0.39 is 11.8 Å². The van der Waals surface area contributed by atoms with Crippen LogP contribution in [-0.2, 0) is 4.74 Å². The average molecular weight is 336 g/mol. The molecule has 0 aliphatic carbocycles. The molecule has 0 saturated carbocycles. The lowest BCUT2D eigenvalue weighted by atomic mass is 10.3. The molecule has 0 fully saturated rings. The Morgan fingerprint density at radius 1 is 0.760 bits per heavy atom. The number of nitrogens with zero attached hydrogens (tertiary/aromatic N) is 6. The fraction of sp³-hybridized carbons (Fsp3) is 0.125. The van der Waals surface area contributed by atoms with Crippen molar-refractivity contribution < 1.29 is 14.3 Å². The second-order valence-electron chi connectivity index (χ2n) is 5.26. The molecule has 9 nitrogen and oxygen atoms in total. The highest BCUT2D eigenvalue weighted by Gasteiger charge is 2.15. The molecule has 4 aromatic rings. The lowest BCUT2D eigenvalue weighted by Gasteiger charge is -2.04. The number of carbonyl (C=O) groups excluding carboxylic acids is 2. The first-order chi connectivity index (χ1) is 12.2. The quantitative estimate of drug-likeness (QED) is 0.551. The third-order valence-electron chi connectivity index (χ3n) is 3.63. The number of fused-ring (bicyclic) bond motifs is 2. The van der Waals surface area contributed by atoms with E-state index in [-0.39, 0.29) is 13.2 Å². The summed E-state index contributed by atoms with van der Waals surface area (Å²) in [7, 11) is 0. The molecule has 0 amide bonds. The predicted molar refractivity (Wildman–Crippen MR) is 87.1 cm³/mol. The van der Waals surface area contributed by atoms with Crippen LogP contribution >= 0.6 is 0 Å². The standard InChI is InChI=1S/C16H12N6O3/c23-15(21-13-7-3-1-5-11(13)17-19-21)9-25-10-16(24)22-14-8-4-2-6-12(14)18-20-22/h1-8H,9-10H2. The minimum Gasteiger partial charge on any atom is -0.362 e. The predicted octanol–water partition coefficient (Wildman–Crippen LogP) is 1.17. The number of benzene rings is 2. The van der Waals surface area contributed by atoms with Gasteiger partial charge in [0.05, 0.1) is 11.0 Å². The molecule has 25 heavy (non-hydrogen) atoms. The molecule has 0 radical (unpaired) electrons. The highest BCUT2D eigenvalue weighted by molar-refractivity contribution is 5.91. The number of aromatic nitrogens is 6. The molecular formula is C16H12N6O3. The molecule has 2 heterocycles. The molecule has 0 unspecified atom stereocenters. The summed E-state index contributed by atoms with van der Waals surface area (Å²) in [6, 6.07) is 14.2. The van der Waals surface area contributed by atoms with E-state index in [2.05, 4.69) is 20.6 Å². The van der Waals surface area contributed by atoms with Gasteiger partial charge in [0, 0.05) is 0 Å². The summed E-state index contributed by atoms with van der Waals surface area (Å²) in [5.41, 5.74) is 2.40. The third kappa shape index (κ3) is 2.76. The Morgan fingerprint density at radius 2 is 1.20 bits per heavy atom. The smallest absolute Gasteiger partial charge is 0.274 e. The largest absolute Gasteiger partial charge is 0.362 e. The van der Waals surface area contributed by atoms with Crippen molar-refractivity contribution in [2.75, 3.05) is 13.2 Å². The Morgan fingerprint density at radius 3 is 1.68 bits per heavy atom. The van der Waals surface area contributed by atoms with Crippen molar-refractivity contribution in [3.05, 3.63) is 48.5 Å². The van der Waals surface area contributed by atoms with Crippen molar-refractivity contribution in [2.24, 2.45) is 0 Å². The number of carbonyl (C=O) groups is 2. The van der Waals surface area contributed by atoms with Gasteiger partial charge in [0.25, 0.3) is 11.8 Å². The minimum absolute atomic E-state index is 0.300. The molecule has 0 aliphatic rings. The Kier molecular flexibility index (Phi) is 3.75. The van der Waals surface area contributed by atoms with Crippen LogP contribution in [0.1, 0.15) is 9.59 Å². The Bertz CT molecular complexity index is 998. The summed E-state index contributed by atoms with van der Waals surface area (Å²) in [5, 5.41) is 15.4. The van der Waals surface area contributed by atoms with Crippen LogP contribution in [0.15, 0.2) is 48.5 Å². The SMILES string of the molecule is O=C(COCC(=O)n1nnc2ccccc21)n1nnc2ccccc21. The van der Waals surface area contributed by atoms with E-state index in [1.165, 1.54) is 0 Å². The van der Waals surface area contributed by atoms with Gasteiger partial charge in [0.2, 0.25) is 0 Å². The van der Waals surface area contributed by atoms with Crippen molar-refractivity contribution in [3.8, 4) is 0 Å². The second-order valence-corrected chi connectivity index (χ2v) is 5.26. The minimum atomic E-state index is -0.412. The number of para-hydroxylation sites is 2. The van der Waals surface area contributed by atoms with E-state index in [0.717, 1.165) is 9.36 Å². The highest BCUT2D eigenvalue weighted by Crippen LogP contribution is 2.10. The molecule has 0 spiro atoms. The first-order valence-electron chi connectivity index (χ1n) is 7.49. The van der Waals surface area contributed by atoms with Crippen LogP contribution in [0.5, 0.6) is 0 Å².